The van der Waals surface area contributed by atoms with Crippen LogP contribution in [0.25, 0.3) is 22.2 Å². The number of para-hydroxylation sites is 2. The Labute approximate surface area is 230 Å². The first-order valence-electron chi connectivity index (χ1n) is 13.6. The molecule has 0 aliphatic carbocycles. The molecule has 0 unspecified atom stereocenters. The smallest absolute Gasteiger partial charge is 0.224 e. The van der Waals surface area contributed by atoms with Gasteiger partial charge in [-0.25, -0.2) is 4.98 Å². The zero-order valence-corrected chi connectivity index (χ0v) is 22.6. The lowest BCUT2D eigenvalue weighted by Crippen LogP contribution is -2.28. The van der Waals surface area contributed by atoms with Crippen molar-refractivity contribution in [1.82, 2.24) is 14.9 Å². The average molecular weight is 518 g/mol. The van der Waals surface area contributed by atoms with Crippen LogP contribution < -0.4 is 10.1 Å². The third kappa shape index (κ3) is 6.74. The molecule has 0 fully saturated rings. The molecule has 0 saturated carbocycles. The van der Waals surface area contributed by atoms with Crippen molar-refractivity contribution in [1.29, 1.82) is 0 Å². The van der Waals surface area contributed by atoms with Crippen molar-refractivity contribution in [3.05, 3.63) is 120 Å². The third-order valence-electron chi connectivity index (χ3n) is 6.96. The van der Waals surface area contributed by atoms with E-state index in [9.17, 15) is 4.79 Å². The molecular weight excluding hydrogens is 482 g/mol. The highest BCUT2D eigenvalue weighted by Crippen LogP contribution is 2.21. The van der Waals surface area contributed by atoms with Gasteiger partial charge in [-0.15, -0.1) is 0 Å². The van der Waals surface area contributed by atoms with E-state index in [0.717, 1.165) is 33.7 Å². The highest BCUT2D eigenvalue weighted by molar-refractivity contribution is 5.79. The van der Waals surface area contributed by atoms with Gasteiger partial charge in [-0.3, -0.25) is 4.79 Å². The minimum atomic E-state index is 0.0123. The summed E-state index contributed by atoms with van der Waals surface area (Å²) in [5, 5.41) is 3.07. The second-order valence-electron chi connectivity index (χ2n) is 10.1. The molecule has 5 nitrogen and oxygen atoms in total. The van der Waals surface area contributed by atoms with Crippen molar-refractivity contribution in [2.24, 2.45) is 0 Å². The molecule has 5 rings (SSSR count). The predicted molar refractivity (Wildman–Crippen MR) is 158 cm³/mol. The number of nitrogens with one attached hydrogen (secondary N) is 1. The van der Waals surface area contributed by atoms with Crippen LogP contribution in [0.4, 0.5) is 0 Å². The lowest BCUT2D eigenvalue weighted by molar-refractivity contribution is -0.120. The topological polar surface area (TPSA) is 56.1 Å². The molecule has 0 aliphatic rings. The Morgan fingerprint density at radius 2 is 1.54 bits per heavy atom. The maximum Gasteiger partial charge on any atom is 0.224 e. The first-order chi connectivity index (χ1) is 19.1. The van der Waals surface area contributed by atoms with Gasteiger partial charge in [0.15, 0.2) is 0 Å². The summed E-state index contributed by atoms with van der Waals surface area (Å²) in [6.07, 6.45) is 1.01. The van der Waals surface area contributed by atoms with Crippen LogP contribution in [0.2, 0.25) is 0 Å². The number of carbonyl (C=O) groups excluding carboxylic acids is 1. The number of ether oxygens (including phenoxy) is 1. The quantitative estimate of drug-likeness (QED) is 0.209. The Balaban J connectivity index is 1.16. The van der Waals surface area contributed by atoms with Crippen molar-refractivity contribution >= 4 is 16.9 Å². The fourth-order valence-corrected chi connectivity index (χ4v) is 4.78. The third-order valence-corrected chi connectivity index (χ3v) is 6.96. The molecule has 4 aromatic carbocycles. The van der Waals surface area contributed by atoms with Gasteiger partial charge in [-0.05, 0) is 52.4 Å². The van der Waals surface area contributed by atoms with Gasteiger partial charge in [0.1, 0.15) is 18.2 Å². The van der Waals surface area contributed by atoms with E-state index in [0.29, 0.717) is 38.5 Å². The number of fused-ring (bicyclic) bond motifs is 1. The fourth-order valence-electron chi connectivity index (χ4n) is 4.78. The second kappa shape index (κ2) is 12.4. The minimum Gasteiger partial charge on any atom is -0.492 e. The van der Waals surface area contributed by atoms with Crippen LogP contribution in [-0.2, 0) is 24.2 Å². The second-order valence-corrected chi connectivity index (χ2v) is 10.1. The molecular formula is C34H35N3O2. The summed E-state index contributed by atoms with van der Waals surface area (Å²) in [4.78, 5) is 17.5. The Hall–Kier alpha value is -4.38. The van der Waals surface area contributed by atoms with Crippen molar-refractivity contribution in [2.75, 3.05) is 13.2 Å². The van der Waals surface area contributed by atoms with Crippen molar-refractivity contribution in [2.45, 2.75) is 39.2 Å². The van der Waals surface area contributed by atoms with Crippen LogP contribution in [-0.4, -0.2) is 28.6 Å². The standard InChI is InChI=1S/C34H35N3O2/c1-25(2)27-16-18-30(19-17-27)39-23-22-37-32-11-7-6-10-31(32)36-33(37)20-21-35-34(38)24-26-12-14-29(15-13-26)28-8-4-3-5-9-28/h3-19,25H,20-24H2,1-2H3,(H,35,38). The molecule has 0 radical (unpaired) electrons. The van der Waals surface area contributed by atoms with Gasteiger partial charge in [-0.2, -0.15) is 0 Å². The van der Waals surface area contributed by atoms with E-state index in [1.54, 1.807) is 0 Å². The number of hydrogen-bond acceptors (Lipinski definition) is 3. The maximum atomic E-state index is 12.7. The van der Waals surface area contributed by atoms with E-state index in [1.807, 2.05) is 60.7 Å². The maximum absolute atomic E-state index is 12.7. The highest BCUT2D eigenvalue weighted by Gasteiger charge is 2.12. The summed E-state index contributed by atoms with van der Waals surface area (Å²) >= 11 is 0. The van der Waals surface area contributed by atoms with E-state index in [1.165, 1.54) is 11.1 Å². The van der Waals surface area contributed by atoms with Crippen LogP contribution in [0.3, 0.4) is 0 Å². The molecule has 1 heterocycles. The Morgan fingerprint density at radius 3 is 2.28 bits per heavy atom. The van der Waals surface area contributed by atoms with Crippen LogP contribution >= 0.6 is 0 Å². The van der Waals surface area contributed by atoms with Gasteiger partial charge in [-0.1, -0.05) is 92.7 Å². The fraction of sp³-hybridized carbons (Fsp3) is 0.235. The summed E-state index contributed by atoms with van der Waals surface area (Å²) in [7, 11) is 0. The monoisotopic (exact) mass is 517 g/mol. The van der Waals surface area contributed by atoms with Crippen LogP contribution in [0.1, 0.15) is 36.7 Å². The summed E-state index contributed by atoms with van der Waals surface area (Å²) in [5.74, 6) is 2.33. The number of rotatable bonds is 11. The molecule has 0 atom stereocenters. The number of hydrogen-bond donors (Lipinski definition) is 1. The normalized spacial score (nSPS) is 11.2. The lowest BCUT2D eigenvalue weighted by Gasteiger charge is -2.12. The van der Waals surface area contributed by atoms with E-state index in [2.05, 4.69) is 66.2 Å². The molecule has 0 bridgehead atoms. The summed E-state index contributed by atoms with van der Waals surface area (Å²) in [6.45, 7) is 6.13. The number of imidazole rings is 1. The first-order valence-corrected chi connectivity index (χ1v) is 13.6. The highest BCUT2D eigenvalue weighted by atomic mass is 16.5. The summed E-state index contributed by atoms with van der Waals surface area (Å²) in [5.41, 5.74) is 6.66. The number of benzene rings is 4. The van der Waals surface area contributed by atoms with E-state index in [-0.39, 0.29) is 5.91 Å². The summed E-state index contributed by atoms with van der Waals surface area (Å²) < 4.78 is 8.25. The van der Waals surface area contributed by atoms with Gasteiger partial charge in [0.2, 0.25) is 5.91 Å². The van der Waals surface area contributed by atoms with Crippen LogP contribution in [0.5, 0.6) is 5.75 Å². The zero-order valence-electron chi connectivity index (χ0n) is 22.6. The first kappa shape index (κ1) is 26.2. The average Bonchev–Trinajstić information content (AvgIpc) is 3.31. The molecule has 5 aromatic rings. The van der Waals surface area contributed by atoms with E-state index < -0.39 is 0 Å². The molecule has 1 aromatic heterocycles. The molecule has 0 spiro atoms. The van der Waals surface area contributed by atoms with Gasteiger partial charge in [0.05, 0.1) is 24.0 Å². The number of aromatic nitrogens is 2. The van der Waals surface area contributed by atoms with Crippen molar-refractivity contribution in [3.8, 4) is 16.9 Å². The van der Waals surface area contributed by atoms with Crippen LogP contribution in [0, 0.1) is 0 Å². The van der Waals surface area contributed by atoms with E-state index in [4.69, 9.17) is 9.72 Å². The van der Waals surface area contributed by atoms with Gasteiger partial charge >= 0.3 is 0 Å². The SMILES string of the molecule is CC(C)c1ccc(OCCn2c(CCNC(=O)Cc3ccc(-c4ccccc4)cc3)nc3ccccc32)cc1. The van der Waals surface area contributed by atoms with Gasteiger partial charge in [0, 0.05) is 13.0 Å². The molecule has 39 heavy (non-hydrogen) atoms. The molecule has 0 saturated heterocycles. The van der Waals surface area contributed by atoms with Gasteiger partial charge < -0.3 is 14.6 Å². The van der Waals surface area contributed by atoms with E-state index >= 15 is 0 Å². The van der Waals surface area contributed by atoms with Gasteiger partial charge in [0.25, 0.3) is 0 Å². The lowest BCUT2D eigenvalue weighted by atomic mass is 10.0. The predicted octanol–water partition coefficient (Wildman–Crippen LogP) is 6.81. The number of amides is 1. The Bertz CT molecular complexity index is 1500. The van der Waals surface area contributed by atoms with Crippen LogP contribution in [0.15, 0.2) is 103 Å². The zero-order chi connectivity index (χ0) is 27.0. The largest absolute Gasteiger partial charge is 0.492 e. The molecule has 198 valence electrons. The Kier molecular flexibility index (Phi) is 8.37. The molecule has 5 heteroatoms. The Morgan fingerprint density at radius 1 is 0.846 bits per heavy atom. The molecule has 0 aliphatic heterocycles. The van der Waals surface area contributed by atoms with Crippen molar-refractivity contribution < 1.29 is 9.53 Å². The minimum absolute atomic E-state index is 0.0123. The molecule has 1 amide bonds. The number of nitrogens with zero attached hydrogens (tertiary/aromatic N) is 2. The van der Waals surface area contributed by atoms with Crippen molar-refractivity contribution in [3.63, 3.8) is 0 Å². The summed E-state index contributed by atoms with van der Waals surface area (Å²) in [6, 6.07) is 34.9. The molecule has 1 N–H and O–H groups in total. The number of carbonyl (C=O) groups is 1.